The number of carbonyl (C=O) groups is 1. The number of unbranched alkanes of at least 4 members (excludes halogenated alkanes) is 1. The van der Waals surface area contributed by atoms with Crippen molar-refractivity contribution in [2.24, 2.45) is 0 Å². The number of hydrogen-bond acceptors (Lipinski definition) is 4. The fraction of sp³-hybridized carbons (Fsp3) is 0.357. The van der Waals surface area contributed by atoms with Crippen molar-refractivity contribution in [2.45, 2.75) is 19.3 Å². The van der Waals surface area contributed by atoms with Crippen molar-refractivity contribution in [1.29, 1.82) is 0 Å². The normalized spacial score (nSPS) is 10.8. The van der Waals surface area contributed by atoms with Gasteiger partial charge in [-0.1, -0.05) is 16.8 Å². The second-order valence-electron chi connectivity index (χ2n) is 4.53. The third-order valence-electron chi connectivity index (χ3n) is 3.05. The van der Waals surface area contributed by atoms with Crippen LogP contribution in [0.5, 0.6) is 0 Å². The van der Waals surface area contributed by atoms with Crippen LogP contribution < -0.4 is 0 Å². The van der Waals surface area contributed by atoms with Crippen LogP contribution in [0.1, 0.15) is 29.0 Å². The second kappa shape index (κ2) is 7.19. The molecule has 1 heterocycles. The molecule has 0 atom stereocenters. The topological polar surface area (TPSA) is 77.2 Å². The highest BCUT2D eigenvalue weighted by Gasteiger charge is 2.19. The molecule has 112 valence electrons. The van der Waals surface area contributed by atoms with Gasteiger partial charge in [-0.3, -0.25) is 0 Å². The van der Waals surface area contributed by atoms with Gasteiger partial charge in [0.15, 0.2) is 5.69 Å². The Hall–Kier alpha value is -1.92. The van der Waals surface area contributed by atoms with E-state index in [2.05, 4.69) is 10.3 Å². The van der Waals surface area contributed by atoms with Crippen molar-refractivity contribution >= 4 is 17.6 Å². The highest BCUT2D eigenvalue weighted by atomic mass is 35.5. The molecule has 21 heavy (non-hydrogen) atoms. The Balaban J connectivity index is 2.28. The fourth-order valence-corrected chi connectivity index (χ4v) is 2.15. The van der Waals surface area contributed by atoms with Gasteiger partial charge in [0.2, 0.25) is 0 Å². The summed E-state index contributed by atoms with van der Waals surface area (Å²) in [5.41, 5.74) is 1.31. The van der Waals surface area contributed by atoms with E-state index >= 15 is 0 Å². The molecule has 0 spiro atoms. The summed E-state index contributed by atoms with van der Waals surface area (Å²) in [5.74, 6) is -1.07. The second-order valence-corrected chi connectivity index (χ2v) is 4.96. The minimum absolute atomic E-state index is 0.0117. The number of carboxylic acids is 1. The predicted molar refractivity (Wildman–Crippen MR) is 78.1 cm³/mol. The van der Waals surface area contributed by atoms with E-state index in [1.807, 2.05) is 0 Å². The third kappa shape index (κ3) is 3.80. The molecule has 0 saturated carbocycles. The summed E-state index contributed by atoms with van der Waals surface area (Å²) >= 11 is 5.86. The van der Waals surface area contributed by atoms with Crippen LogP contribution in [-0.4, -0.2) is 39.8 Å². The first-order valence-corrected chi connectivity index (χ1v) is 6.94. The van der Waals surface area contributed by atoms with E-state index in [1.165, 1.54) is 0 Å². The van der Waals surface area contributed by atoms with Crippen LogP contribution in [0.15, 0.2) is 24.3 Å². The van der Waals surface area contributed by atoms with Gasteiger partial charge in [-0.15, -0.1) is 5.10 Å². The molecule has 0 aliphatic rings. The van der Waals surface area contributed by atoms with Gasteiger partial charge < -0.3 is 9.84 Å². The van der Waals surface area contributed by atoms with Crippen LogP contribution in [0.25, 0.3) is 5.69 Å². The Kier molecular flexibility index (Phi) is 5.30. The zero-order valence-corrected chi connectivity index (χ0v) is 12.4. The molecule has 0 bridgehead atoms. The molecule has 1 N–H and O–H groups in total. The summed E-state index contributed by atoms with van der Waals surface area (Å²) in [6.07, 6.45) is 2.22. The van der Waals surface area contributed by atoms with Gasteiger partial charge >= 0.3 is 5.97 Å². The molecule has 0 radical (unpaired) electrons. The number of aromatic carboxylic acids is 1. The Labute approximate surface area is 127 Å². The van der Waals surface area contributed by atoms with E-state index in [-0.39, 0.29) is 5.69 Å². The van der Waals surface area contributed by atoms with Crippen molar-refractivity contribution < 1.29 is 14.6 Å². The van der Waals surface area contributed by atoms with Gasteiger partial charge in [0.25, 0.3) is 0 Å². The zero-order valence-electron chi connectivity index (χ0n) is 11.6. The van der Waals surface area contributed by atoms with Gasteiger partial charge in [-0.05, 0) is 43.5 Å². The van der Waals surface area contributed by atoms with Crippen LogP contribution in [0.3, 0.4) is 0 Å². The average Bonchev–Trinajstić information content (AvgIpc) is 2.88. The van der Waals surface area contributed by atoms with E-state index in [1.54, 1.807) is 36.1 Å². The van der Waals surface area contributed by atoms with E-state index in [0.29, 0.717) is 23.7 Å². The highest BCUT2D eigenvalue weighted by Crippen LogP contribution is 2.18. The number of rotatable bonds is 7. The number of carboxylic acid groups (broad SMARTS) is 1. The van der Waals surface area contributed by atoms with Crippen LogP contribution in [0.2, 0.25) is 5.02 Å². The molecule has 6 nitrogen and oxygen atoms in total. The molecule has 0 fully saturated rings. The Bertz CT molecular complexity index is 610. The summed E-state index contributed by atoms with van der Waals surface area (Å²) in [6, 6.07) is 7.02. The van der Waals surface area contributed by atoms with Gasteiger partial charge in [0.1, 0.15) is 0 Å². The predicted octanol–water partition coefficient (Wildman–Crippen LogP) is 2.59. The van der Waals surface area contributed by atoms with E-state index in [9.17, 15) is 9.90 Å². The maximum atomic E-state index is 11.2. The SMILES string of the molecule is COCCCCc1c(C(=O)O)nnn1-c1ccc(Cl)cc1. The first-order chi connectivity index (χ1) is 10.1. The van der Waals surface area contributed by atoms with Crippen LogP contribution in [-0.2, 0) is 11.2 Å². The van der Waals surface area contributed by atoms with E-state index in [4.69, 9.17) is 16.3 Å². The fourth-order valence-electron chi connectivity index (χ4n) is 2.02. The minimum atomic E-state index is -1.07. The largest absolute Gasteiger partial charge is 0.476 e. The molecule has 2 rings (SSSR count). The first kappa shape index (κ1) is 15.5. The monoisotopic (exact) mass is 309 g/mol. The maximum Gasteiger partial charge on any atom is 0.358 e. The highest BCUT2D eigenvalue weighted by molar-refractivity contribution is 6.30. The lowest BCUT2D eigenvalue weighted by Crippen LogP contribution is -2.07. The lowest BCUT2D eigenvalue weighted by Gasteiger charge is -2.07. The van der Waals surface area contributed by atoms with E-state index < -0.39 is 5.97 Å². The molecule has 7 heteroatoms. The van der Waals surface area contributed by atoms with Crippen molar-refractivity contribution in [3.8, 4) is 5.69 Å². The summed E-state index contributed by atoms with van der Waals surface area (Å²) in [4.78, 5) is 11.2. The van der Waals surface area contributed by atoms with Crippen molar-refractivity contribution in [1.82, 2.24) is 15.0 Å². The number of aromatic nitrogens is 3. The van der Waals surface area contributed by atoms with Crippen molar-refractivity contribution in [3.05, 3.63) is 40.7 Å². The standard InChI is InChI=1S/C14H16ClN3O3/c1-21-9-3-2-4-12-13(14(19)20)16-17-18(12)11-7-5-10(15)6-8-11/h5-8H,2-4,9H2,1H3,(H,19,20). The number of halogens is 1. The average molecular weight is 310 g/mol. The summed E-state index contributed by atoms with van der Waals surface area (Å²) in [5, 5.41) is 17.5. The number of ether oxygens (including phenoxy) is 1. The van der Waals surface area contributed by atoms with Crippen LogP contribution >= 0.6 is 11.6 Å². The first-order valence-electron chi connectivity index (χ1n) is 6.56. The van der Waals surface area contributed by atoms with Gasteiger partial charge in [0.05, 0.1) is 11.4 Å². The molecule has 0 aliphatic heterocycles. The minimum Gasteiger partial charge on any atom is -0.476 e. The molecule has 0 aliphatic carbocycles. The smallest absolute Gasteiger partial charge is 0.358 e. The number of hydrogen-bond donors (Lipinski definition) is 1. The van der Waals surface area contributed by atoms with Crippen LogP contribution in [0.4, 0.5) is 0 Å². The molecule has 1 aromatic carbocycles. The molecule has 1 aromatic heterocycles. The van der Waals surface area contributed by atoms with Gasteiger partial charge in [-0.25, -0.2) is 9.48 Å². The Morgan fingerprint density at radius 1 is 1.33 bits per heavy atom. The summed E-state index contributed by atoms with van der Waals surface area (Å²) in [7, 11) is 1.64. The molecule has 0 unspecified atom stereocenters. The molecular formula is C14H16ClN3O3. The lowest BCUT2D eigenvalue weighted by atomic mass is 10.1. The van der Waals surface area contributed by atoms with Crippen LogP contribution in [0, 0.1) is 0 Å². The van der Waals surface area contributed by atoms with Crippen molar-refractivity contribution in [3.63, 3.8) is 0 Å². The van der Waals surface area contributed by atoms with E-state index in [0.717, 1.165) is 18.5 Å². The number of benzene rings is 1. The zero-order chi connectivity index (χ0) is 15.2. The molecular weight excluding hydrogens is 294 g/mol. The maximum absolute atomic E-state index is 11.2. The molecule has 0 saturated heterocycles. The summed E-state index contributed by atoms with van der Waals surface area (Å²) in [6.45, 7) is 0.644. The van der Waals surface area contributed by atoms with Gasteiger partial charge in [-0.2, -0.15) is 0 Å². The molecule has 2 aromatic rings. The number of methoxy groups -OCH3 is 1. The molecule has 0 amide bonds. The third-order valence-corrected chi connectivity index (χ3v) is 3.30. The summed E-state index contributed by atoms with van der Waals surface area (Å²) < 4.78 is 6.55. The number of nitrogens with zero attached hydrogens (tertiary/aromatic N) is 3. The van der Waals surface area contributed by atoms with Gasteiger partial charge in [0, 0.05) is 18.7 Å². The quantitative estimate of drug-likeness (QED) is 0.795. The van der Waals surface area contributed by atoms with Crippen molar-refractivity contribution in [2.75, 3.05) is 13.7 Å². The Morgan fingerprint density at radius 3 is 2.67 bits per heavy atom. The lowest BCUT2D eigenvalue weighted by molar-refractivity contribution is 0.0689. The Morgan fingerprint density at radius 2 is 2.05 bits per heavy atom.